The molecule has 114 valence electrons. The van der Waals surface area contributed by atoms with Gasteiger partial charge in [0.2, 0.25) is 0 Å². The maximum Gasteiger partial charge on any atom is 0.276 e. The number of nitrogens with one attached hydrogen (secondary N) is 1. The Balaban J connectivity index is 2.31. The van der Waals surface area contributed by atoms with Gasteiger partial charge < -0.3 is 5.32 Å². The Morgan fingerprint density at radius 1 is 1.26 bits per heavy atom. The normalized spacial score (nSPS) is 10.7. The number of para-hydroxylation sites is 1. The van der Waals surface area contributed by atoms with Crippen LogP contribution in [0, 0.1) is 21.4 Å². The third-order valence-electron chi connectivity index (χ3n) is 2.88. The molecule has 0 aromatic heterocycles. The summed E-state index contributed by atoms with van der Waals surface area (Å²) in [4.78, 5) is 22.5. The molecule has 2 aromatic carbocycles. The summed E-state index contributed by atoms with van der Waals surface area (Å²) in [5.41, 5.74) is 0.164. The van der Waals surface area contributed by atoms with Crippen LogP contribution >= 0.6 is 11.6 Å². The monoisotopic (exact) mass is 327 g/mol. The molecule has 2 aromatic rings. The van der Waals surface area contributed by atoms with E-state index in [1.807, 2.05) is 0 Å². The van der Waals surface area contributed by atoms with Gasteiger partial charge in [-0.05, 0) is 30.3 Å². The number of halogens is 1. The second-order valence-corrected chi connectivity index (χ2v) is 4.89. The lowest BCUT2D eigenvalue weighted by molar-refractivity contribution is -0.385. The van der Waals surface area contributed by atoms with E-state index in [-0.39, 0.29) is 16.8 Å². The fourth-order valence-electron chi connectivity index (χ4n) is 1.84. The summed E-state index contributed by atoms with van der Waals surface area (Å²) < 4.78 is 0. The number of amides is 1. The number of nitro groups is 1. The molecule has 1 N–H and O–H groups in total. The summed E-state index contributed by atoms with van der Waals surface area (Å²) in [6.45, 7) is 0. The summed E-state index contributed by atoms with van der Waals surface area (Å²) in [5, 5.41) is 23.1. The van der Waals surface area contributed by atoms with Crippen molar-refractivity contribution >= 4 is 35.0 Å². The maximum absolute atomic E-state index is 12.1. The first kappa shape index (κ1) is 16.2. The SMILES string of the molecule is N#C/C(=C/c1ccccc1[N+](=O)[O-])C(=O)Nc1cccc(Cl)c1. The number of nitro benzene ring substituents is 1. The average Bonchev–Trinajstić information content (AvgIpc) is 2.52. The van der Waals surface area contributed by atoms with Crippen molar-refractivity contribution in [1.82, 2.24) is 0 Å². The maximum atomic E-state index is 12.1. The van der Waals surface area contributed by atoms with Gasteiger partial charge in [0.25, 0.3) is 11.6 Å². The second kappa shape index (κ2) is 7.20. The molecule has 0 atom stereocenters. The van der Waals surface area contributed by atoms with Crippen LogP contribution in [0.15, 0.2) is 54.1 Å². The van der Waals surface area contributed by atoms with E-state index in [2.05, 4.69) is 5.32 Å². The van der Waals surface area contributed by atoms with E-state index in [4.69, 9.17) is 16.9 Å². The van der Waals surface area contributed by atoms with Gasteiger partial charge in [-0.25, -0.2) is 0 Å². The van der Waals surface area contributed by atoms with E-state index in [0.717, 1.165) is 0 Å². The van der Waals surface area contributed by atoms with Crippen molar-refractivity contribution in [3.63, 3.8) is 0 Å². The topological polar surface area (TPSA) is 96.0 Å². The van der Waals surface area contributed by atoms with E-state index >= 15 is 0 Å². The predicted octanol–water partition coefficient (Wildman–Crippen LogP) is 3.79. The number of hydrogen-bond donors (Lipinski definition) is 1. The third-order valence-corrected chi connectivity index (χ3v) is 3.12. The molecule has 0 aliphatic carbocycles. The number of nitrogens with zero attached hydrogens (tertiary/aromatic N) is 2. The average molecular weight is 328 g/mol. The number of nitriles is 1. The minimum absolute atomic E-state index is 0.176. The van der Waals surface area contributed by atoms with Gasteiger partial charge in [0, 0.05) is 16.8 Å². The lowest BCUT2D eigenvalue weighted by atomic mass is 10.1. The summed E-state index contributed by atoms with van der Waals surface area (Å²) in [6.07, 6.45) is 1.18. The molecule has 0 spiro atoms. The summed E-state index contributed by atoms with van der Waals surface area (Å²) in [6, 6.07) is 14.0. The molecule has 0 radical (unpaired) electrons. The quantitative estimate of drug-likeness (QED) is 0.400. The molecule has 0 saturated carbocycles. The molecule has 6 nitrogen and oxygen atoms in total. The Bertz CT molecular complexity index is 840. The van der Waals surface area contributed by atoms with Gasteiger partial charge in [-0.3, -0.25) is 14.9 Å². The van der Waals surface area contributed by atoms with Gasteiger partial charge in [-0.2, -0.15) is 5.26 Å². The molecule has 0 bridgehead atoms. The van der Waals surface area contributed by atoms with Crippen LogP contribution in [0.2, 0.25) is 5.02 Å². The van der Waals surface area contributed by atoms with Crippen molar-refractivity contribution in [2.75, 3.05) is 5.32 Å². The molecule has 7 heteroatoms. The minimum atomic E-state index is -0.673. The van der Waals surface area contributed by atoms with Crippen LogP contribution in [0.4, 0.5) is 11.4 Å². The number of rotatable bonds is 4. The van der Waals surface area contributed by atoms with E-state index in [0.29, 0.717) is 10.7 Å². The Kier molecular flexibility index (Phi) is 5.07. The van der Waals surface area contributed by atoms with Gasteiger partial charge >= 0.3 is 0 Å². The van der Waals surface area contributed by atoms with E-state index in [1.165, 1.54) is 30.3 Å². The predicted molar refractivity (Wildman–Crippen MR) is 86.8 cm³/mol. The fourth-order valence-corrected chi connectivity index (χ4v) is 2.03. The Hall–Kier alpha value is -3.17. The van der Waals surface area contributed by atoms with Crippen LogP contribution in [0.25, 0.3) is 6.08 Å². The van der Waals surface area contributed by atoms with Crippen molar-refractivity contribution in [2.45, 2.75) is 0 Å². The van der Waals surface area contributed by atoms with Gasteiger partial charge in [-0.15, -0.1) is 0 Å². The minimum Gasteiger partial charge on any atom is -0.321 e. The zero-order valence-corrected chi connectivity index (χ0v) is 12.4. The molecule has 0 aliphatic rings. The number of benzene rings is 2. The van der Waals surface area contributed by atoms with E-state index in [1.54, 1.807) is 30.3 Å². The molecule has 0 saturated heterocycles. The highest BCUT2D eigenvalue weighted by atomic mass is 35.5. The van der Waals surface area contributed by atoms with Gasteiger partial charge in [-0.1, -0.05) is 29.8 Å². The van der Waals surface area contributed by atoms with Crippen LogP contribution < -0.4 is 5.32 Å². The number of carbonyl (C=O) groups excluding carboxylic acids is 1. The van der Waals surface area contributed by atoms with Gasteiger partial charge in [0.05, 0.1) is 10.5 Å². The molecule has 0 fully saturated rings. The fraction of sp³-hybridized carbons (Fsp3) is 0. The summed E-state index contributed by atoms with van der Waals surface area (Å²) >= 11 is 5.82. The van der Waals surface area contributed by atoms with Crippen molar-refractivity contribution in [3.8, 4) is 6.07 Å². The van der Waals surface area contributed by atoms with E-state index < -0.39 is 10.8 Å². The first-order valence-electron chi connectivity index (χ1n) is 6.43. The van der Waals surface area contributed by atoms with Crippen molar-refractivity contribution in [1.29, 1.82) is 5.26 Å². The summed E-state index contributed by atoms with van der Waals surface area (Å²) in [5.74, 6) is -0.673. The molecule has 2 rings (SSSR count). The standard InChI is InChI=1S/C16H10ClN3O3/c17-13-5-3-6-14(9-13)19-16(21)12(10-18)8-11-4-1-2-7-15(11)20(22)23/h1-9H,(H,19,21)/b12-8-. The highest BCUT2D eigenvalue weighted by Crippen LogP contribution is 2.21. The van der Waals surface area contributed by atoms with Crippen LogP contribution in [-0.2, 0) is 4.79 Å². The van der Waals surface area contributed by atoms with Crippen molar-refractivity contribution in [3.05, 3.63) is 74.8 Å². The van der Waals surface area contributed by atoms with Gasteiger partial charge in [0.15, 0.2) is 0 Å². The lowest BCUT2D eigenvalue weighted by Gasteiger charge is -2.04. The van der Waals surface area contributed by atoms with Crippen LogP contribution in [0.3, 0.4) is 0 Å². The highest BCUT2D eigenvalue weighted by molar-refractivity contribution is 6.31. The molecular formula is C16H10ClN3O3. The molecule has 0 unspecified atom stereocenters. The highest BCUT2D eigenvalue weighted by Gasteiger charge is 2.15. The number of hydrogen-bond acceptors (Lipinski definition) is 4. The molecule has 0 heterocycles. The Morgan fingerprint density at radius 3 is 2.65 bits per heavy atom. The van der Waals surface area contributed by atoms with Crippen LogP contribution in [0.1, 0.15) is 5.56 Å². The molecule has 1 amide bonds. The smallest absolute Gasteiger partial charge is 0.276 e. The number of carbonyl (C=O) groups is 1. The third kappa shape index (κ3) is 4.15. The van der Waals surface area contributed by atoms with Crippen LogP contribution in [-0.4, -0.2) is 10.8 Å². The summed E-state index contributed by atoms with van der Waals surface area (Å²) in [7, 11) is 0. The molecule has 0 aliphatic heterocycles. The molecule has 23 heavy (non-hydrogen) atoms. The zero-order valence-electron chi connectivity index (χ0n) is 11.7. The Labute approximate surface area is 136 Å². The van der Waals surface area contributed by atoms with Crippen molar-refractivity contribution < 1.29 is 9.72 Å². The van der Waals surface area contributed by atoms with Crippen LogP contribution in [0.5, 0.6) is 0 Å². The number of anilines is 1. The van der Waals surface area contributed by atoms with E-state index in [9.17, 15) is 14.9 Å². The Morgan fingerprint density at radius 2 is 2.00 bits per heavy atom. The zero-order chi connectivity index (χ0) is 16.8. The largest absolute Gasteiger partial charge is 0.321 e. The first-order valence-corrected chi connectivity index (χ1v) is 6.81. The second-order valence-electron chi connectivity index (χ2n) is 4.45. The lowest BCUT2D eigenvalue weighted by Crippen LogP contribution is -2.13. The molecular weight excluding hydrogens is 318 g/mol. The van der Waals surface area contributed by atoms with Gasteiger partial charge in [0.1, 0.15) is 11.6 Å². The van der Waals surface area contributed by atoms with Crippen molar-refractivity contribution in [2.24, 2.45) is 0 Å². The first-order chi connectivity index (χ1) is 11.0.